The average molecular weight is 298 g/mol. The van der Waals surface area contributed by atoms with Crippen molar-refractivity contribution < 1.29 is 19.1 Å². The second-order valence-electron chi connectivity index (χ2n) is 4.15. The van der Waals surface area contributed by atoms with Gasteiger partial charge in [-0.3, -0.25) is 0 Å². The summed E-state index contributed by atoms with van der Waals surface area (Å²) >= 11 is 0. The second-order valence-corrected chi connectivity index (χ2v) is 4.15. The number of benzene rings is 1. The summed E-state index contributed by atoms with van der Waals surface area (Å²) < 4.78 is 9.78. The molecular formula is C18H18O4. The van der Waals surface area contributed by atoms with Crippen LogP contribution in [0.2, 0.25) is 0 Å². The predicted molar refractivity (Wildman–Crippen MR) is 85.9 cm³/mol. The molecule has 4 nitrogen and oxygen atoms in total. The van der Waals surface area contributed by atoms with Crippen molar-refractivity contribution in [3.05, 3.63) is 78.9 Å². The van der Waals surface area contributed by atoms with Gasteiger partial charge < -0.3 is 9.47 Å². The van der Waals surface area contributed by atoms with Crippen molar-refractivity contribution in [2.45, 2.75) is 0 Å². The summed E-state index contributed by atoms with van der Waals surface area (Å²) in [5, 5.41) is 0. The van der Waals surface area contributed by atoms with Gasteiger partial charge in [-0.25, -0.2) is 9.59 Å². The molecule has 0 aliphatic heterocycles. The van der Waals surface area contributed by atoms with Gasteiger partial charge in [-0.15, -0.1) is 0 Å². The fourth-order valence-corrected chi connectivity index (χ4v) is 1.45. The standard InChI is InChI=1S/C18H18O4/c1-3-12-21-17(19)14-16(18(20)22-13-4-2)11-10-15-8-6-5-7-9-15/h3-11,14H,1-2,12-13H2. The third-order valence-electron chi connectivity index (χ3n) is 2.44. The lowest BCUT2D eigenvalue weighted by Gasteiger charge is -2.03. The zero-order valence-electron chi connectivity index (χ0n) is 12.2. The highest BCUT2D eigenvalue weighted by Gasteiger charge is 2.10. The highest BCUT2D eigenvalue weighted by Crippen LogP contribution is 2.07. The summed E-state index contributed by atoms with van der Waals surface area (Å²) in [5.41, 5.74) is 0.990. The van der Waals surface area contributed by atoms with Gasteiger partial charge >= 0.3 is 11.9 Å². The van der Waals surface area contributed by atoms with Gasteiger partial charge in [0.1, 0.15) is 13.2 Å². The molecule has 0 saturated heterocycles. The molecule has 0 atom stereocenters. The van der Waals surface area contributed by atoms with Gasteiger partial charge in [0.2, 0.25) is 0 Å². The first-order valence-electron chi connectivity index (χ1n) is 6.68. The number of hydrogen-bond acceptors (Lipinski definition) is 4. The van der Waals surface area contributed by atoms with Crippen LogP contribution < -0.4 is 0 Å². The Hall–Kier alpha value is -2.88. The van der Waals surface area contributed by atoms with Crippen LogP contribution in [0.5, 0.6) is 0 Å². The highest BCUT2D eigenvalue weighted by molar-refractivity contribution is 5.99. The Labute approximate surface area is 130 Å². The van der Waals surface area contributed by atoms with Gasteiger partial charge in [-0.2, -0.15) is 0 Å². The van der Waals surface area contributed by atoms with Gasteiger partial charge in [-0.05, 0) is 11.6 Å². The molecule has 114 valence electrons. The van der Waals surface area contributed by atoms with E-state index in [-0.39, 0.29) is 18.8 Å². The number of ether oxygens (including phenoxy) is 2. The first kappa shape index (κ1) is 17.2. The maximum absolute atomic E-state index is 11.9. The predicted octanol–water partition coefficient (Wildman–Crippen LogP) is 3.08. The Morgan fingerprint density at radius 1 is 1.00 bits per heavy atom. The Kier molecular flexibility index (Phi) is 7.76. The van der Waals surface area contributed by atoms with Crippen LogP contribution in [0, 0.1) is 0 Å². The van der Waals surface area contributed by atoms with Crippen LogP contribution in [0.25, 0.3) is 6.08 Å². The summed E-state index contributed by atoms with van der Waals surface area (Å²) in [6, 6.07) is 9.38. The lowest BCUT2D eigenvalue weighted by atomic mass is 10.1. The van der Waals surface area contributed by atoms with Crippen LogP contribution in [-0.2, 0) is 19.1 Å². The molecule has 0 bridgehead atoms. The van der Waals surface area contributed by atoms with E-state index in [0.29, 0.717) is 0 Å². The Bertz CT molecular complexity index is 582. The Balaban J connectivity index is 2.90. The van der Waals surface area contributed by atoms with Gasteiger partial charge in [0.05, 0.1) is 5.57 Å². The normalized spacial score (nSPS) is 11.0. The Morgan fingerprint density at radius 3 is 2.27 bits per heavy atom. The summed E-state index contributed by atoms with van der Waals surface area (Å²) in [6.45, 7) is 7.06. The van der Waals surface area contributed by atoms with Gasteiger partial charge in [0.25, 0.3) is 0 Å². The molecule has 0 fully saturated rings. The van der Waals surface area contributed by atoms with Crippen LogP contribution in [0.3, 0.4) is 0 Å². The molecule has 0 aliphatic rings. The van der Waals surface area contributed by atoms with Crippen LogP contribution in [0.4, 0.5) is 0 Å². The lowest BCUT2D eigenvalue weighted by molar-refractivity contribution is -0.139. The van der Waals surface area contributed by atoms with Gasteiger partial charge in [-0.1, -0.05) is 61.7 Å². The van der Waals surface area contributed by atoms with E-state index in [4.69, 9.17) is 9.47 Å². The van der Waals surface area contributed by atoms with E-state index in [2.05, 4.69) is 13.2 Å². The average Bonchev–Trinajstić information content (AvgIpc) is 2.55. The fourth-order valence-electron chi connectivity index (χ4n) is 1.45. The zero-order chi connectivity index (χ0) is 16.2. The molecule has 0 N–H and O–H groups in total. The minimum absolute atomic E-state index is 0.0665. The molecule has 0 aliphatic carbocycles. The van der Waals surface area contributed by atoms with Crippen molar-refractivity contribution in [3.8, 4) is 0 Å². The van der Waals surface area contributed by atoms with Crippen molar-refractivity contribution in [2.24, 2.45) is 0 Å². The minimum Gasteiger partial charge on any atom is -0.458 e. The highest BCUT2D eigenvalue weighted by atomic mass is 16.5. The van der Waals surface area contributed by atoms with E-state index in [1.165, 1.54) is 18.2 Å². The summed E-state index contributed by atoms with van der Waals surface area (Å²) in [7, 11) is 0. The van der Waals surface area contributed by atoms with E-state index in [1.807, 2.05) is 30.3 Å². The number of esters is 2. The molecule has 4 heteroatoms. The summed E-state index contributed by atoms with van der Waals surface area (Å²) in [4.78, 5) is 23.5. The van der Waals surface area contributed by atoms with Gasteiger partial charge in [0.15, 0.2) is 0 Å². The molecule has 0 saturated carbocycles. The lowest BCUT2D eigenvalue weighted by Crippen LogP contribution is -2.10. The molecule has 0 amide bonds. The molecule has 1 rings (SSSR count). The first-order valence-corrected chi connectivity index (χ1v) is 6.68. The second kappa shape index (κ2) is 9.94. The quantitative estimate of drug-likeness (QED) is 0.320. The summed E-state index contributed by atoms with van der Waals surface area (Å²) in [5.74, 6) is -1.26. The van der Waals surface area contributed by atoms with E-state index >= 15 is 0 Å². The first-order chi connectivity index (χ1) is 10.7. The number of rotatable bonds is 8. The largest absolute Gasteiger partial charge is 0.458 e. The van der Waals surface area contributed by atoms with Crippen molar-refractivity contribution >= 4 is 18.0 Å². The van der Waals surface area contributed by atoms with Crippen molar-refractivity contribution in [3.63, 3.8) is 0 Å². The van der Waals surface area contributed by atoms with Crippen LogP contribution >= 0.6 is 0 Å². The smallest absolute Gasteiger partial charge is 0.338 e. The van der Waals surface area contributed by atoms with E-state index in [1.54, 1.807) is 6.08 Å². The molecule has 0 spiro atoms. The maximum Gasteiger partial charge on any atom is 0.338 e. The molecule has 0 unspecified atom stereocenters. The fraction of sp³-hybridized carbons (Fsp3) is 0.111. The molecule has 0 heterocycles. The topological polar surface area (TPSA) is 52.6 Å². The van der Waals surface area contributed by atoms with E-state index in [0.717, 1.165) is 11.6 Å². The minimum atomic E-state index is -0.636. The zero-order valence-corrected chi connectivity index (χ0v) is 12.2. The van der Waals surface area contributed by atoms with Crippen molar-refractivity contribution in [2.75, 3.05) is 13.2 Å². The molecule has 0 radical (unpaired) electrons. The molecule has 1 aromatic carbocycles. The maximum atomic E-state index is 11.9. The molecule has 22 heavy (non-hydrogen) atoms. The van der Waals surface area contributed by atoms with Gasteiger partial charge in [0, 0.05) is 6.08 Å². The molecule has 1 aromatic rings. The van der Waals surface area contributed by atoms with Crippen LogP contribution in [0.1, 0.15) is 5.56 Å². The molecular weight excluding hydrogens is 280 g/mol. The monoisotopic (exact) mass is 298 g/mol. The number of carbonyl (C=O) groups is 2. The van der Waals surface area contributed by atoms with E-state index in [9.17, 15) is 9.59 Å². The third kappa shape index (κ3) is 6.52. The summed E-state index contributed by atoms with van der Waals surface area (Å²) in [6.07, 6.45) is 7.21. The van der Waals surface area contributed by atoms with E-state index < -0.39 is 11.9 Å². The van der Waals surface area contributed by atoms with Crippen LogP contribution in [-0.4, -0.2) is 25.2 Å². The SMILES string of the molecule is C=CCOC(=O)C=C(C=Cc1ccccc1)C(=O)OCC=C. The van der Waals surface area contributed by atoms with Crippen molar-refractivity contribution in [1.82, 2.24) is 0 Å². The Morgan fingerprint density at radius 2 is 1.64 bits per heavy atom. The molecule has 0 aromatic heterocycles. The van der Waals surface area contributed by atoms with Crippen molar-refractivity contribution in [1.29, 1.82) is 0 Å². The number of hydrogen-bond donors (Lipinski definition) is 0. The number of carbonyl (C=O) groups excluding carboxylic acids is 2. The van der Waals surface area contributed by atoms with Crippen LogP contribution in [0.15, 0.2) is 73.4 Å². The third-order valence-corrected chi connectivity index (χ3v) is 2.44.